The molecule has 1 aromatic carbocycles. The normalized spacial score (nSPS) is 11.7. The zero-order chi connectivity index (χ0) is 17.2. The number of alkyl carbamates (subject to hydrolysis) is 1. The molecule has 0 aliphatic carbocycles. The van der Waals surface area contributed by atoms with Crippen molar-refractivity contribution in [2.24, 2.45) is 7.05 Å². The van der Waals surface area contributed by atoms with E-state index < -0.39 is 11.7 Å². The van der Waals surface area contributed by atoms with Gasteiger partial charge in [0.2, 0.25) is 0 Å². The number of nitrogens with one attached hydrogen (secondary N) is 1. The third kappa shape index (κ3) is 4.67. The second kappa shape index (κ2) is 6.86. The Balaban J connectivity index is 1.98. The summed E-state index contributed by atoms with van der Waals surface area (Å²) in [6.07, 6.45) is 1.03. The van der Waals surface area contributed by atoms with E-state index in [0.717, 1.165) is 17.5 Å². The van der Waals surface area contributed by atoms with E-state index in [9.17, 15) is 9.18 Å². The van der Waals surface area contributed by atoms with Gasteiger partial charge in [0.05, 0.1) is 5.52 Å². The Morgan fingerprint density at radius 2 is 2.13 bits per heavy atom. The van der Waals surface area contributed by atoms with Crippen molar-refractivity contribution < 1.29 is 13.9 Å². The molecule has 0 aliphatic heterocycles. The predicted octanol–water partition coefficient (Wildman–Crippen LogP) is 3.93. The number of aromatic nitrogens is 2. The van der Waals surface area contributed by atoms with E-state index in [4.69, 9.17) is 4.74 Å². The van der Waals surface area contributed by atoms with Crippen LogP contribution < -0.4 is 5.32 Å². The van der Waals surface area contributed by atoms with E-state index in [1.165, 1.54) is 12.1 Å². The van der Waals surface area contributed by atoms with Gasteiger partial charge < -0.3 is 10.1 Å². The van der Waals surface area contributed by atoms with Crippen molar-refractivity contribution in [3.8, 4) is 0 Å². The molecule has 0 bridgehead atoms. The fourth-order valence-electron chi connectivity index (χ4n) is 2.36. The van der Waals surface area contributed by atoms with Crippen molar-refractivity contribution in [2.45, 2.75) is 39.2 Å². The van der Waals surface area contributed by atoms with Crippen molar-refractivity contribution in [1.29, 1.82) is 0 Å². The number of carbonyl (C=O) groups is 1. The molecule has 0 spiro atoms. The molecule has 1 amide bonds. The highest BCUT2D eigenvalue weighted by Crippen LogP contribution is 2.28. The van der Waals surface area contributed by atoms with Crippen molar-refractivity contribution in [3.05, 3.63) is 28.1 Å². The summed E-state index contributed by atoms with van der Waals surface area (Å²) in [7, 11) is 1.83. The zero-order valence-corrected chi connectivity index (χ0v) is 15.3. The van der Waals surface area contributed by atoms with E-state index in [1.807, 2.05) is 27.8 Å². The Morgan fingerprint density at radius 3 is 2.78 bits per heavy atom. The van der Waals surface area contributed by atoms with Crippen LogP contribution in [-0.2, 0) is 18.2 Å². The van der Waals surface area contributed by atoms with E-state index in [-0.39, 0.29) is 5.82 Å². The summed E-state index contributed by atoms with van der Waals surface area (Å²) >= 11 is 3.39. The molecule has 1 N–H and O–H groups in total. The largest absolute Gasteiger partial charge is 0.444 e. The van der Waals surface area contributed by atoms with Gasteiger partial charge in [0, 0.05) is 35.2 Å². The van der Waals surface area contributed by atoms with Crippen LogP contribution in [0.25, 0.3) is 10.9 Å². The van der Waals surface area contributed by atoms with Gasteiger partial charge in [-0.2, -0.15) is 5.10 Å². The Labute approximate surface area is 143 Å². The first-order valence-corrected chi connectivity index (χ1v) is 8.24. The quantitative estimate of drug-likeness (QED) is 0.811. The molecule has 0 fully saturated rings. The summed E-state index contributed by atoms with van der Waals surface area (Å²) < 4.78 is 21.1. The smallest absolute Gasteiger partial charge is 0.407 e. The molecule has 1 heterocycles. The Morgan fingerprint density at radius 1 is 1.43 bits per heavy atom. The maximum Gasteiger partial charge on any atom is 0.407 e. The van der Waals surface area contributed by atoms with Crippen LogP contribution in [0.15, 0.2) is 16.6 Å². The lowest BCUT2D eigenvalue weighted by Gasteiger charge is -2.19. The number of hydrogen-bond acceptors (Lipinski definition) is 3. The van der Waals surface area contributed by atoms with Gasteiger partial charge in [-0.05, 0) is 55.6 Å². The Hall–Kier alpha value is -1.63. The van der Waals surface area contributed by atoms with Gasteiger partial charge in [-0.1, -0.05) is 0 Å². The van der Waals surface area contributed by atoms with Crippen LogP contribution in [0.5, 0.6) is 0 Å². The van der Waals surface area contributed by atoms with Crippen molar-refractivity contribution in [3.63, 3.8) is 0 Å². The molecule has 0 unspecified atom stereocenters. The predicted molar refractivity (Wildman–Crippen MR) is 90.9 cm³/mol. The summed E-state index contributed by atoms with van der Waals surface area (Å²) in [6, 6.07) is 2.86. The van der Waals surface area contributed by atoms with Crippen molar-refractivity contribution >= 4 is 32.9 Å². The van der Waals surface area contributed by atoms with E-state index >= 15 is 0 Å². The first-order valence-electron chi connectivity index (χ1n) is 7.45. The number of aryl methyl sites for hydroxylation is 2. The van der Waals surface area contributed by atoms with E-state index in [0.29, 0.717) is 23.0 Å². The molecule has 2 aromatic rings. The summed E-state index contributed by atoms with van der Waals surface area (Å²) in [4.78, 5) is 11.6. The number of rotatable bonds is 4. The number of fused-ring (bicyclic) bond motifs is 1. The zero-order valence-electron chi connectivity index (χ0n) is 13.7. The minimum atomic E-state index is -0.503. The van der Waals surface area contributed by atoms with Crippen LogP contribution in [0.2, 0.25) is 0 Å². The maximum atomic E-state index is 13.4. The molecule has 0 radical (unpaired) electrons. The van der Waals surface area contributed by atoms with Gasteiger partial charge in [0.25, 0.3) is 0 Å². The standard InChI is InChI=1S/C16H21BrFN3O2/c1-16(2,3)23-15(22)19-7-5-6-13-14-11(17)8-10(18)9-12(14)20-21(13)4/h8-9H,5-7H2,1-4H3,(H,19,22). The SMILES string of the molecule is Cn1nc2cc(F)cc(Br)c2c1CCCNC(=O)OC(C)(C)C. The average Bonchev–Trinajstić information content (AvgIpc) is 2.68. The fourth-order valence-corrected chi connectivity index (χ4v) is 3.01. The number of benzene rings is 1. The minimum Gasteiger partial charge on any atom is -0.444 e. The second-order valence-electron chi connectivity index (χ2n) is 6.38. The highest BCUT2D eigenvalue weighted by molar-refractivity contribution is 9.10. The molecule has 1 aromatic heterocycles. The third-order valence-corrected chi connectivity index (χ3v) is 3.86. The summed E-state index contributed by atoms with van der Waals surface area (Å²) in [5.74, 6) is -0.319. The Bertz CT molecular complexity index is 722. The van der Waals surface area contributed by atoms with Crippen molar-refractivity contribution in [1.82, 2.24) is 15.1 Å². The molecule has 0 saturated carbocycles. The van der Waals surface area contributed by atoms with E-state index in [2.05, 4.69) is 26.3 Å². The van der Waals surface area contributed by atoms with Crippen LogP contribution in [0.3, 0.4) is 0 Å². The number of halogens is 2. The van der Waals surface area contributed by atoms with E-state index in [1.54, 1.807) is 4.68 Å². The lowest BCUT2D eigenvalue weighted by molar-refractivity contribution is 0.0527. The van der Waals surface area contributed by atoms with Crippen LogP contribution in [0.4, 0.5) is 9.18 Å². The molecule has 7 heteroatoms. The van der Waals surface area contributed by atoms with Crippen LogP contribution >= 0.6 is 15.9 Å². The lowest BCUT2D eigenvalue weighted by atomic mass is 10.1. The number of ether oxygens (including phenoxy) is 1. The van der Waals surface area contributed by atoms with Gasteiger partial charge in [0.15, 0.2) is 0 Å². The number of hydrogen-bond donors (Lipinski definition) is 1. The highest BCUT2D eigenvalue weighted by atomic mass is 79.9. The van der Waals surface area contributed by atoms with Crippen LogP contribution in [-0.4, -0.2) is 28.0 Å². The first kappa shape index (κ1) is 17.7. The van der Waals surface area contributed by atoms with Gasteiger partial charge in [-0.15, -0.1) is 0 Å². The second-order valence-corrected chi connectivity index (χ2v) is 7.24. The average molecular weight is 386 g/mol. The van der Waals surface area contributed by atoms with Crippen LogP contribution in [0.1, 0.15) is 32.9 Å². The summed E-state index contributed by atoms with van der Waals surface area (Å²) in [6.45, 7) is 5.97. The van der Waals surface area contributed by atoms with Gasteiger partial charge in [0.1, 0.15) is 11.4 Å². The molecule has 2 rings (SSSR count). The molecule has 23 heavy (non-hydrogen) atoms. The molecular formula is C16H21BrFN3O2. The van der Waals surface area contributed by atoms with Gasteiger partial charge in [-0.3, -0.25) is 4.68 Å². The maximum absolute atomic E-state index is 13.4. The summed E-state index contributed by atoms with van der Waals surface area (Å²) in [5, 5.41) is 7.97. The molecule has 126 valence electrons. The molecule has 5 nitrogen and oxygen atoms in total. The Kier molecular flexibility index (Phi) is 5.29. The third-order valence-electron chi connectivity index (χ3n) is 3.23. The lowest BCUT2D eigenvalue weighted by Crippen LogP contribution is -2.33. The number of amides is 1. The highest BCUT2D eigenvalue weighted by Gasteiger charge is 2.16. The topological polar surface area (TPSA) is 56.2 Å². The molecule has 0 saturated heterocycles. The molecular weight excluding hydrogens is 365 g/mol. The van der Waals surface area contributed by atoms with Gasteiger partial charge >= 0.3 is 6.09 Å². The molecule has 0 aliphatic rings. The van der Waals surface area contributed by atoms with Gasteiger partial charge in [-0.25, -0.2) is 9.18 Å². The minimum absolute atomic E-state index is 0.319. The number of carbonyl (C=O) groups excluding carboxylic acids is 1. The first-order chi connectivity index (χ1) is 10.7. The molecule has 0 atom stereocenters. The monoisotopic (exact) mass is 385 g/mol. The van der Waals surface area contributed by atoms with Crippen LogP contribution in [0, 0.1) is 5.82 Å². The fraction of sp³-hybridized carbons (Fsp3) is 0.500. The van der Waals surface area contributed by atoms with Crippen molar-refractivity contribution in [2.75, 3.05) is 6.54 Å². The summed E-state index contributed by atoms with van der Waals surface area (Å²) in [5.41, 5.74) is 1.12. The number of nitrogens with zero attached hydrogens (tertiary/aromatic N) is 2.